The molecule has 5 aliphatic rings. The fourth-order valence-corrected chi connectivity index (χ4v) is 11.2. The number of aliphatic hydroxyl groups excluding tert-OH is 13. The molecule has 2 aromatic rings. The molecule has 24 N–H and O–H groups in total. The largest absolute Gasteiger partial charge is 0.462 e. The van der Waals surface area contributed by atoms with E-state index in [1.54, 1.807) is 51.1 Å². The number of rotatable bonds is 29. The van der Waals surface area contributed by atoms with Gasteiger partial charge in [0.25, 0.3) is 0 Å². The molecule has 5 saturated heterocycles. The van der Waals surface area contributed by atoms with E-state index in [9.17, 15) is 95.2 Å². The Morgan fingerprint density at radius 1 is 0.677 bits per heavy atom. The number of nitrogens with zero attached hydrogens (tertiary/aromatic N) is 1. The predicted molar refractivity (Wildman–Crippen MR) is 314 cm³/mol. The van der Waals surface area contributed by atoms with Gasteiger partial charge in [-0.25, -0.2) is 0 Å². The van der Waals surface area contributed by atoms with E-state index >= 15 is 0 Å². The third kappa shape index (κ3) is 17.5. The number of hydrogen-bond acceptors (Lipinski definition) is 28. The smallest absolute Gasteiger partial charge is 0.306 e. The van der Waals surface area contributed by atoms with Gasteiger partial charge < -0.3 is 143 Å². The van der Waals surface area contributed by atoms with Crippen LogP contribution in [0.15, 0.2) is 54.6 Å². The van der Waals surface area contributed by atoms with Gasteiger partial charge in [-0.3, -0.25) is 39.6 Å². The summed E-state index contributed by atoms with van der Waals surface area (Å²) in [5.74, 6) is -7.46. The standard InChI is InChI=1S/C57H84N11O25/c1-22(2)13-34(74)92-47-32(20-72)91-55(46(83)42(47)79)93-48-33(21-73)90-54(45(82)43(48)80)88-27-11-9-24(10-12-27)14-28(64-50(85)35(58)23(3)25-7-5-4-6-8-25)49(84)66-36(38(75)29-15-61-56(59)65-29)52(87)67-37(51(86)63-26(17-69)18-70)39(76)30-16-62-57(60)68(30)53-44(81)41(78)40(77)31(19-71)89-53/h4-12,22-23,26,28-33,35-48,53-55,69,71-73,75-83H,13-17,19-21,58H2,1-3H3,(H2,60,62)(H,63,86)(H,64,85)(H,66,84)(H,67,87)(H3,59,61,65)/t23?,26-,28-,29?,30?,31?,32?,33?,35-,36-,37-,38?,39?,40?,41?,42?,43?,44?,45?,46?,47?,48?,53?,54?,55?/m0/s1. The van der Waals surface area contributed by atoms with Crippen molar-refractivity contribution in [1.29, 1.82) is 10.8 Å². The van der Waals surface area contributed by atoms with Gasteiger partial charge in [-0.05, 0) is 29.2 Å². The third-order valence-electron chi connectivity index (χ3n) is 16.5. The molecule has 1 radical (unpaired) electrons. The minimum absolute atomic E-state index is 0.0538. The van der Waals surface area contributed by atoms with Gasteiger partial charge in [0.2, 0.25) is 36.2 Å². The van der Waals surface area contributed by atoms with Crippen LogP contribution in [0.3, 0.4) is 0 Å². The van der Waals surface area contributed by atoms with E-state index in [2.05, 4.69) is 37.2 Å². The van der Waals surface area contributed by atoms with Gasteiger partial charge in [0.15, 0.2) is 30.5 Å². The molecule has 517 valence electrons. The number of benzene rings is 2. The van der Waals surface area contributed by atoms with E-state index in [0.29, 0.717) is 5.56 Å². The van der Waals surface area contributed by atoms with Crippen LogP contribution in [-0.4, -0.2) is 305 Å². The van der Waals surface area contributed by atoms with Crippen molar-refractivity contribution in [1.82, 2.24) is 42.1 Å². The molecule has 5 fully saturated rings. The fraction of sp³-hybridized carbons (Fsp3) is 0.649. The number of carbonyl (C=O) groups excluding carboxylic acids is 6. The monoisotopic (exact) mass is 1320 g/mol. The zero-order chi connectivity index (χ0) is 68.3. The lowest BCUT2D eigenvalue weighted by Crippen LogP contribution is -2.69. The van der Waals surface area contributed by atoms with Crippen LogP contribution in [0.5, 0.6) is 5.75 Å². The molecule has 36 heteroatoms. The Hall–Kier alpha value is -6.92. The van der Waals surface area contributed by atoms with Crippen molar-refractivity contribution >= 4 is 47.8 Å². The lowest BCUT2D eigenvalue weighted by atomic mass is 9.93. The molecule has 0 spiro atoms. The number of guanidine groups is 2. The molecule has 4 amide bonds. The molecule has 25 atom stereocenters. The van der Waals surface area contributed by atoms with Gasteiger partial charge in [0, 0.05) is 31.8 Å². The number of esters is 1. The summed E-state index contributed by atoms with van der Waals surface area (Å²) in [6.07, 6.45) is -30.2. The van der Waals surface area contributed by atoms with E-state index in [-0.39, 0.29) is 36.2 Å². The molecule has 20 unspecified atom stereocenters. The molecule has 93 heavy (non-hydrogen) atoms. The molecule has 7 rings (SSSR count). The Bertz CT molecular complexity index is 2850. The lowest BCUT2D eigenvalue weighted by molar-refractivity contribution is -0.353. The first-order valence-electron chi connectivity index (χ1n) is 29.9. The summed E-state index contributed by atoms with van der Waals surface area (Å²) in [6, 6.07) is 1.78. The fourth-order valence-electron chi connectivity index (χ4n) is 11.2. The first-order chi connectivity index (χ1) is 44.2. The summed E-state index contributed by atoms with van der Waals surface area (Å²) < 4.78 is 34.0. The average Bonchev–Trinajstić information content (AvgIpc) is 1.77. The second-order valence-electron chi connectivity index (χ2n) is 23.6. The zero-order valence-corrected chi connectivity index (χ0v) is 50.6. The zero-order valence-electron chi connectivity index (χ0n) is 50.6. The highest BCUT2D eigenvalue weighted by Gasteiger charge is 2.55. The van der Waals surface area contributed by atoms with Gasteiger partial charge in [0.1, 0.15) is 109 Å². The van der Waals surface area contributed by atoms with Crippen molar-refractivity contribution in [3.05, 3.63) is 65.7 Å². The first-order valence-corrected chi connectivity index (χ1v) is 29.9. The van der Waals surface area contributed by atoms with Crippen LogP contribution in [0.25, 0.3) is 0 Å². The highest BCUT2D eigenvalue weighted by Crippen LogP contribution is 2.33. The molecule has 36 nitrogen and oxygen atoms in total. The topological polar surface area (TPSA) is 582 Å². The molecular weight excluding hydrogens is 1240 g/mol. The van der Waals surface area contributed by atoms with Crippen molar-refractivity contribution in [3.8, 4) is 5.75 Å². The van der Waals surface area contributed by atoms with Crippen molar-refractivity contribution in [2.75, 3.05) is 39.5 Å². The number of amides is 4. The summed E-state index contributed by atoms with van der Waals surface area (Å²) >= 11 is 0. The Balaban J connectivity index is 1.13. The van der Waals surface area contributed by atoms with E-state index < -0.39 is 227 Å². The first kappa shape index (κ1) is 73.5. The van der Waals surface area contributed by atoms with Crippen LogP contribution in [-0.2, 0) is 58.9 Å². The summed E-state index contributed by atoms with van der Waals surface area (Å²) in [5.41, 5.74) is 7.38. The Kier molecular flexibility index (Phi) is 26.0. The minimum Gasteiger partial charge on any atom is -0.462 e. The number of aliphatic hydroxyl groups is 13. The van der Waals surface area contributed by atoms with Crippen LogP contribution in [0, 0.1) is 16.7 Å². The Morgan fingerprint density at radius 2 is 1.27 bits per heavy atom. The van der Waals surface area contributed by atoms with E-state index in [0.717, 1.165) is 4.90 Å². The molecule has 5 aliphatic heterocycles. The summed E-state index contributed by atoms with van der Waals surface area (Å²) in [4.78, 5) is 83.2. The van der Waals surface area contributed by atoms with Crippen LogP contribution in [0.4, 0.5) is 0 Å². The maximum absolute atomic E-state index is 14.9. The summed E-state index contributed by atoms with van der Waals surface area (Å²) in [6.45, 7) is 0.770. The van der Waals surface area contributed by atoms with Crippen molar-refractivity contribution < 1.29 is 124 Å². The van der Waals surface area contributed by atoms with Gasteiger partial charge in [-0.1, -0.05) is 63.2 Å². The van der Waals surface area contributed by atoms with E-state index in [1.807, 2.05) is 0 Å². The molecule has 0 saturated carbocycles. The third-order valence-corrected chi connectivity index (χ3v) is 16.5. The molecule has 0 aliphatic carbocycles. The van der Waals surface area contributed by atoms with Gasteiger partial charge in [-0.15, -0.1) is 0 Å². The van der Waals surface area contributed by atoms with Crippen LogP contribution >= 0.6 is 0 Å². The number of nitrogens with two attached hydrogens (primary N) is 1. The van der Waals surface area contributed by atoms with Crippen molar-refractivity contribution in [2.24, 2.45) is 11.7 Å². The van der Waals surface area contributed by atoms with Gasteiger partial charge in [-0.2, -0.15) is 0 Å². The minimum atomic E-state index is -2.30. The summed E-state index contributed by atoms with van der Waals surface area (Å²) in [5, 5.41) is 175. The Morgan fingerprint density at radius 3 is 1.87 bits per heavy atom. The lowest BCUT2D eigenvalue weighted by Gasteiger charge is -2.46. The van der Waals surface area contributed by atoms with Crippen LogP contribution in [0.1, 0.15) is 44.2 Å². The van der Waals surface area contributed by atoms with Crippen molar-refractivity contribution in [3.63, 3.8) is 0 Å². The molecule has 5 heterocycles. The molecular formula is C57H84N11O25. The van der Waals surface area contributed by atoms with E-state index in [4.69, 9.17) is 45.0 Å². The van der Waals surface area contributed by atoms with Crippen LogP contribution < -0.4 is 47.7 Å². The number of ether oxygens (including phenoxy) is 6. The predicted octanol–water partition coefficient (Wildman–Crippen LogP) is -10.8. The highest BCUT2D eigenvalue weighted by atomic mass is 16.7. The maximum Gasteiger partial charge on any atom is 0.306 e. The molecule has 0 aromatic heterocycles. The summed E-state index contributed by atoms with van der Waals surface area (Å²) in [7, 11) is 0. The van der Waals surface area contributed by atoms with Crippen molar-refractivity contribution in [2.45, 2.75) is 186 Å². The maximum atomic E-state index is 14.9. The molecule has 2 aromatic carbocycles. The molecule has 0 bridgehead atoms. The second kappa shape index (κ2) is 33.0. The Labute approximate surface area is 531 Å². The van der Waals surface area contributed by atoms with Gasteiger partial charge in [0.05, 0.1) is 44.6 Å². The number of carbonyl (C=O) groups is 5. The SMILES string of the molecule is CC(C)CC(=O)OC1C(CO)OC(OC2C(CO)OC(Oc3ccc(C[C@H](NC(=O)[C@@H](N)C(C)c4ccccc4)C(=O)N[C@H](C(=O)N[C@H](C(=O)N[C@H]([C]=O)CO)C(O)C4CNC(=N)N4C4OC(CO)C(O)C(O)C4O)C(O)C4CNC(=N)N4)cc3)C(O)C2O)C(O)C1O. The quantitative estimate of drug-likeness (QED) is 0.0336. The average molecular weight is 1320 g/mol. The normalized spacial score (nSPS) is 32.2. The number of hydrogen-bond donors (Lipinski definition) is 23. The second-order valence-corrected chi connectivity index (χ2v) is 23.6. The van der Waals surface area contributed by atoms with E-state index in [1.165, 1.54) is 30.6 Å². The highest BCUT2D eigenvalue weighted by molar-refractivity contribution is 5.96. The number of nitrogens with one attached hydrogen (secondary N) is 9. The van der Waals surface area contributed by atoms with Crippen LogP contribution in [0.2, 0.25) is 0 Å². The van der Waals surface area contributed by atoms with Gasteiger partial charge >= 0.3 is 5.97 Å².